The predicted molar refractivity (Wildman–Crippen MR) is 109 cm³/mol. The maximum Gasteiger partial charge on any atom is 0.273 e. The first-order valence-electron chi connectivity index (χ1n) is 9.37. The first kappa shape index (κ1) is 20.0. The third-order valence-corrected chi connectivity index (χ3v) is 5.50. The number of H-pyrrole nitrogens is 1. The Morgan fingerprint density at radius 3 is 2.93 bits per heavy atom. The number of rotatable bonds is 6. The number of halogens is 1. The zero-order valence-electron chi connectivity index (χ0n) is 16.1. The second-order valence-corrected chi connectivity index (χ2v) is 8.17. The van der Waals surface area contributed by atoms with Crippen LogP contribution in [0.25, 0.3) is 0 Å². The molecule has 1 fully saturated rings. The van der Waals surface area contributed by atoms with E-state index in [1.807, 2.05) is 12.1 Å². The number of nitrogens with zero attached hydrogens (tertiary/aromatic N) is 2. The summed E-state index contributed by atoms with van der Waals surface area (Å²) in [6.45, 7) is 10.3. The lowest BCUT2D eigenvalue weighted by atomic mass is 10.1. The van der Waals surface area contributed by atoms with E-state index in [9.17, 15) is 4.79 Å². The molecule has 1 aromatic heterocycles. The highest BCUT2D eigenvalue weighted by Gasteiger charge is 2.19. The Morgan fingerprint density at radius 1 is 1.44 bits per heavy atom. The molecule has 1 aromatic carbocycles. The zero-order valence-corrected chi connectivity index (χ0v) is 17.7. The lowest BCUT2D eigenvalue weighted by molar-refractivity contribution is -0.0212. The Hall–Kier alpha value is -1.70. The van der Waals surface area contributed by atoms with Crippen molar-refractivity contribution in [3.05, 3.63) is 51.3 Å². The van der Waals surface area contributed by atoms with E-state index in [0.29, 0.717) is 12.2 Å². The van der Waals surface area contributed by atoms with Crippen molar-refractivity contribution in [1.82, 2.24) is 20.4 Å². The van der Waals surface area contributed by atoms with E-state index in [1.54, 1.807) is 0 Å². The van der Waals surface area contributed by atoms with Crippen LogP contribution in [0.5, 0.6) is 0 Å². The Balaban J connectivity index is 1.59. The van der Waals surface area contributed by atoms with E-state index in [4.69, 9.17) is 4.74 Å². The van der Waals surface area contributed by atoms with Crippen molar-refractivity contribution in [2.45, 2.75) is 45.9 Å². The monoisotopic (exact) mass is 434 g/mol. The second kappa shape index (κ2) is 8.99. The van der Waals surface area contributed by atoms with Crippen molar-refractivity contribution in [2.24, 2.45) is 0 Å². The van der Waals surface area contributed by atoms with E-state index in [0.717, 1.165) is 42.0 Å². The Kier molecular flexibility index (Phi) is 6.68. The van der Waals surface area contributed by atoms with E-state index in [1.165, 1.54) is 5.56 Å². The SMILES string of the molecule is CC1CN(Cc2cccc(CNC(=O)c3n[nH]c(C(C)C)c3Br)c2)CCO1. The van der Waals surface area contributed by atoms with Crippen molar-refractivity contribution in [3.8, 4) is 0 Å². The smallest absolute Gasteiger partial charge is 0.273 e. The van der Waals surface area contributed by atoms with Crippen LogP contribution in [0, 0.1) is 0 Å². The Bertz CT molecular complexity index is 790. The number of carbonyl (C=O) groups is 1. The molecule has 7 heteroatoms. The molecule has 1 saturated heterocycles. The molecule has 0 aliphatic carbocycles. The van der Waals surface area contributed by atoms with Crippen LogP contribution in [-0.4, -0.2) is 46.8 Å². The number of ether oxygens (including phenoxy) is 1. The van der Waals surface area contributed by atoms with Gasteiger partial charge in [-0.3, -0.25) is 14.8 Å². The molecule has 2 heterocycles. The molecule has 3 rings (SSSR count). The molecule has 0 saturated carbocycles. The standard InChI is InChI=1S/C20H27BrN4O2/c1-13(2)18-17(21)19(24-23-18)20(26)22-10-15-5-4-6-16(9-15)12-25-7-8-27-14(3)11-25/h4-6,9,13-14H,7-8,10-12H2,1-3H3,(H,22,26)(H,23,24). The molecule has 1 aliphatic rings. The van der Waals surface area contributed by atoms with Crippen molar-refractivity contribution < 1.29 is 9.53 Å². The maximum absolute atomic E-state index is 12.5. The maximum atomic E-state index is 12.5. The van der Waals surface area contributed by atoms with Gasteiger partial charge in [0.15, 0.2) is 5.69 Å². The third kappa shape index (κ3) is 5.18. The summed E-state index contributed by atoms with van der Waals surface area (Å²) in [6, 6.07) is 8.36. The van der Waals surface area contributed by atoms with Gasteiger partial charge in [0.2, 0.25) is 0 Å². The summed E-state index contributed by atoms with van der Waals surface area (Å²) >= 11 is 3.48. The fraction of sp³-hybridized carbons (Fsp3) is 0.500. The summed E-state index contributed by atoms with van der Waals surface area (Å²) in [7, 11) is 0. The molecule has 0 spiro atoms. The molecule has 146 valence electrons. The molecule has 1 atom stereocenters. The molecule has 1 amide bonds. The topological polar surface area (TPSA) is 70.2 Å². The summed E-state index contributed by atoms with van der Waals surface area (Å²) in [6.07, 6.45) is 0.282. The quantitative estimate of drug-likeness (QED) is 0.730. The van der Waals surface area contributed by atoms with Crippen LogP contribution >= 0.6 is 15.9 Å². The van der Waals surface area contributed by atoms with Crippen LogP contribution in [0.3, 0.4) is 0 Å². The number of hydrogen-bond acceptors (Lipinski definition) is 4. The van der Waals surface area contributed by atoms with Crippen LogP contribution in [0.4, 0.5) is 0 Å². The van der Waals surface area contributed by atoms with E-state index in [2.05, 4.69) is 69.2 Å². The van der Waals surface area contributed by atoms with Gasteiger partial charge in [-0.2, -0.15) is 5.10 Å². The lowest BCUT2D eigenvalue weighted by Crippen LogP contribution is -2.40. The molecular formula is C20H27BrN4O2. The Morgan fingerprint density at radius 2 is 2.22 bits per heavy atom. The number of aromatic amines is 1. The van der Waals surface area contributed by atoms with Gasteiger partial charge in [-0.05, 0) is 39.9 Å². The first-order valence-corrected chi connectivity index (χ1v) is 10.2. The van der Waals surface area contributed by atoms with Crippen molar-refractivity contribution in [3.63, 3.8) is 0 Å². The van der Waals surface area contributed by atoms with Gasteiger partial charge >= 0.3 is 0 Å². The highest BCUT2D eigenvalue weighted by Crippen LogP contribution is 2.25. The number of aromatic nitrogens is 2. The minimum atomic E-state index is -0.183. The molecule has 1 aliphatic heterocycles. The third-order valence-electron chi connectivity index (χ3n) is 4.70. The summed E-state index contributed by atoms with van der Waals surface area (Å²) in [4.78, 5) is 14.9. The predicted octanol–water partition coefficient (Wildman–Crippen LogP) is 3.45. The average Bonchev–Trinajstić information content (AvgIpc) is 3.02. The summed E-state index contributed by atoms with van der Waals surface area (Å²) in [5.74, 6) is 0.0884. The number of morpholine rings is 1. The van der Waals surface area contributed by atoms with Gasteiger partial charge < -0.3 is 10.1 Å². The molecule has 2 aromatic rings. The minimum Gasteiger partial charge on any atom is -0.376 e. The molecule has 0 bridgehead atoms. The van der Waals surface area contributed by atoms with Gasteiger partial charge in [-0.1, -0.05) is 38.1 Å². The van der Waals surface area contributed by atoms with Gasteiger partial charge in [0.1, 0.15) is 0 Å². The number of hydrogen-bond donors (Lipinski definition) is 2. The van der Waals surface area contributed by atoms with Gasteiger partial charge in [0, 0.05) is 26.2 Å². The highest BCUT2D eigenvalue weighted by molar-refractivity contribution is 9.10. The van der Waals surface area contributed by atoms with Crippen molar-refractivity contribution >= 4 is 21.8 Å². The van der Waals surface area contributed by atoms with Gasteiger partial charge in [0.05, 0.1) is 22.9 Å². The van der Waals surface area contributed by atoms with E-state index >= 15 is 0 Å². The number of amides is 1. The van der Waals surface area contributed by atoms with Crippen molar-refractivity contribution in [2.75, 3.05) is 19.7 Å². The van der Waals surface area contributed by atoms with Gasteiger partial charge in [-0.25, -0.2) is 0 Å². The van der Waals surface area contributed by atoms with Crippen LogP contribution in [0.2, 0.25) is 0 Å². The molecule has 27 heavy (non-hydrogen) atoms. The zero-order chi connectivity index (χ0) is 19.4. The Labute approximate surface area is 168 Å². The fourth-order valence-electron chi connectivity index (χ4n) is 3.27. The molecule has 6 nitrogen and oxygen atoms in total. The number of nitrogens with one attached hydrogen (secondary N) is 2. The van der Waals surface area contributed by atoms with Crippen LogP contribution < -0.4 is 5.32 Å². The van der Waals surface area contributed by atoms with Crippen molar-refractivity contribution in [1.29, 1.82) is 0 Å². The summed E-state index contributed by atoms with van der Waals surface area (Å²) < 4.78 is 6.34. The molecular weight excluding hydrogens is 408 g/mol. The summed E-state index contributed by atoms with van der Waals surface area (Å²) in [5.41, 5.74) is 3.66. The fourth-order valence-corrected chi connectivity index (χ4v) is 4.09. The van der Waals surface area contributed by atoms with E-state index < -0.39 is 0 Å². The van der Waals surface area contributed by atoms with Gasteiger partial charge in [0.25, 0.3) is 5.91 Å². The molecule has 1 unspecified atom stereocenters. The number of benzene rings is 1. The van der Waals surface area contributed by atoms with Crippen LogP contribution in [0.1, 0.15) is 54.0 Å². The highest BCUT2D eigenvalue weighted by atomic mass is 79.9. The normalized spacial score (nSPS) is 18.0. The van der Waals surface area contributed by atoms with Gasteiger partial charge in [-0.15, -0.1) is 0 Å². The summed E-state index contributed by atoms with van der Waals surface area (Å²) in [5, 5.41) is 10.0. The largest absolute Gasteiger partial charge is 0.376 e. The number of carbonyl (C=O) groups excluding carboxylic acids is 1. The molecule has 0 radical (unpaired) electrons. The average molecular weight is 435 g/mol. The molecule has 2 N–H and O–H groups in total. The second-order valence-electron chi connectivity index (χ2n) is 7.37. The first-order chi connectivity index (χ1) is 12.9. The lowest BCUT2D eigenvalue weighted by Gasteiger charge is -2.31. The minimum absolute atomic E-state index is 0.183. The van der Waals surface area contributed by atoms with E-state index in [-0.39, 0.29) is 17.9 Å². The van der Waals surface area contributed by atoms with Crippen LogP contribution in [-0.2, 0) is 17.8 Å². The van der Waals surface area contributed by atoms with Crippen LogP contribution in [0.15, 0.2) is 28.7 Å².